The second-order valence-corrected chi connectivity index (χ2v) is 3.17. The molecule has 0 aromatic rings. The fraction of sp³-hybridized carbons (Fsp3) is 0.750. The summed E-state index contributed by atoms with van der Waals surface area (Å²) in [5.41, 5.74) is 0. The van der Waals surface area contributed by atoms with Crippen LogP contribution in [0.25, 0.3) is 0 Å². The number of rotatable bonds is 2. The molecule has 0 unspecified atom stereocenters. The van der Waals surface area contributed by atoms with Crippen molar-refractivity contribution in [3.05, 3.63) is 0 Å². The molecule has 0 amide bonds. The highest BCUT2D eigenvalue weighted by atomic mass is 16.6. The van der Waals surface area contributed by atoms with Gasteiger partial charge in [0.2, 0.25) is 12.2 Å². The van der Waals surface area contributed by atoms with Crippen LogP contribution in [0.4, 0.5) is 0 Å². The van der Waals surface area contributed by atoms with Crippen LogP contribution in [0.15, 0.2) is 9.98 Å². The van der Waals surface area contributed by atoms with Crippen molar-refractivity contribution in [3.8, 4) is 0 Å². The molecule has 0 aliphatic carbocycles. The summed E-state index contributed by atoms with van der Waals surface area (Å²) < 4.78 is 10.7. The summed E-state index contributed by atoms with van der Waals surface area (Å²) in [6, 6.07) is -0.631. The van der Waals surface area contributed by atoms with Gasteiger partial charge in [-0.05, 0) is 0 Å². The molecule has 0 bridgehead atoms. The van der Waals surface area contributed by atoms with Gasteiger partial charge in [0, 0.05) is 0 Å². The molecule has 0 radical (unpaired) electrons. The van der Waals surface area contributed by atoms with Gasteiger partial charge in [0.15, 0.2) is 0 Å². The van der Waals surface area contributed by atoms with E-state index in [1.807, 2.05) is 0 Å². The quantitative estimate of drug-likeness (QED) is 0.427. The van der Waals surface area contributed by atoms with Crippen molar-refractivity contribution >= 4 is 12.2 Å². The topological polar surface area (TPSA) is 77.3 Å². The standard InChI is InChI=1S/C8H8N2O4/c11-3-9-5-1-13-8-6(10-4-12)2-14-7(5)8/h5-8H,1-2H2/t5-,6+,7-,8-/m1/s1. The Hall–Kier alpha value is -1.32. The van der Waals surface area contributed by atoms with Crippen LogP contribution in [0.3, 0.4) is 0 Å². The number of fused-ring (bicyclic) bond motifs is 1. The highest BCUT2D eigenvalue weighted by Crippen LogP contribution is 2.29. The molecule has 4 atom stereocenters. The molecule has 6 nitrogen and oxygen atoms in total. The molecule has 2 heterocycles. The van der Waals surface area contributed by atoms with E-state index in [1.54, 1.807) is 0 Å². The first kappa shape index (κ1) is 9.24. The van der Waals surface area contributed by atoms with Crippen LogP contribution in [0, 0.1) is 0 Å². The minimum absolute atomic E-state index is 0.279. The van der Waals surface area contributed by atoms with Gasteiger partial charge in [-0.2, -0.15) is 9.98 Å². The maximum Gasteiger partial charge on any atom is 0.235 e. The van der Waals surface area contributed by atoms with E-state index in [1.165, 1.54) is 12.2 Å². The van der Waals surface area contributed by atoms with Crippen molar-refractivity contribution in [2.24, 2.45) is 9.98 Å². The third-order valence-corrected chi connectivity index (χ3v) is 2.44. The SMILES string of the molecule is O=C=N[C@H]1CO[C@H]2[C@@H]1OC[C@H]2N=C=O. The molecule has 14 heavy (non-hydrogen) atoms. The van der Waals surface area contributed by atoms with Crippen LogP contribution < -0.4 is 0 Å². The zero-order valence-corrected chi connectivity index (χ0v) is 7.25. The predicted octanol–water partition coefficient (Wildman–Crippen LogP) is -0.807. The van der Waals surface area contributed by atoms with Crippen LogP contribution in [-0.4, -0.2) is 49.7 Å². The molecule has 6 heteroatoms. The number of hydrogen-bond donors (Lipinski definition) is 0. The lowest BCUT2D eigenvalue weighted by atomic mass is 10.1. The largest absolute Gasteiger partial charge is 0.371 e. The minimum atomic E-state index is -0.315. The lowest BCUT2D eigenvalue weighted by molar-refractivity contribution is 0.0693. The van der Waals surface area contributed by atoms with Gasteiger partial charge in [0.05, 0.1) is 13.2 Å². The first-order chi connectivity index (χ1) is 6.86. The van der Waals surface area contributed by atoms with E-state index in [-0.39, 0.29) is 24.3 Å². The van der Waals surface area contributed by atoms with E-state index in [0.717, 1.165) is 0 Å². The molecule has 2 aliphatic heterocycles. The fourth-order valence-electron chi connectivity index (χ4n) is 1.82. The molecule has 0 aromatic heterocycles. The van der Waals surface area contributed by atoms with Gasteiger partial charge < -0.3 is 9.47 Å². The zero-order chi connectivity index (χ0) is 9.97. The van der Waals surface area contributed by atoms with E-state index in [0.29, 0.717) is 13.2 Å². The van der Waals surface area contributed by atoms with Crippen LogP contribution in [0.1, 0.15) is 0 Å². The maximum atomic E-state index is 10.1. The summed E-state index contributed by atoms with van der Waals surface area (Å²) in [5, 5.41) is 0. The zero-order valence-electron chi connectivity index (χ0n) is 7.25. The smallest absolute Gasteiger partial charge is 0.235 e. The molecule has 2 fully saturated rings. The molecule has 0 saturated carbocycles. The highest BCUT2D eigenvalue weighted by Gasteiger charge is 2.48. The fourth-order valence-corrected chi connectivity index (χ4v) is 1.82. The van der Waals surface area contributed by atoms with E-state index < -0.39 is 0 Å². The van der Waals surface area contributed by atoms with Crippen LogP contribution in [0.5, 0.6) is 0 Å². The van der Waals surface area contributed by atoms with Gasteiger partial charge in [-0.25, -0.2) is 9.59 Å². The minimum Gasteiger partial charge on any atom is -0.371 e. The molecule has 0 spiro atoms. The molecule has 0 aromatic carbocycles. The normalized spacial score (nSPS) is 39.7. The lowest BCUT2D eigenvalue weighted by Gasteiger charge is -2.09. The Morgan fingerprint density at radius 3 is 1.71 bits per heavy atom. The molecule has 0 N–H and O–H groups in total. The number of carbonyl (C=O) groups excluding carboxylic acids is 2. The Bertz CT molecular complexity index is 287. The Morgan fingerprint density at radius 1 is 0.929 bits per heavy atom. The number of aliphatic imine (C=N–C) groups is 2. The summed E-state index contributed by atoms with van der Waals surface area (Å²) in [6.45, 7) is 0.630. The van der Waals surface area contributed by atoms with Gasteiger partial charge in [0.1, 0.15) is 24.3 Å². The maximum absolute atomic E-state index is 10.1. The first-order valence-electron chi connectivity index (χ1n) is 4.24. The highest BCUT2D eigenvalue weighted by molar-refractivity contribution is 5.35. The monoisotopic (exact) mass is 196 g/mol. The molecular weight excluding hydrogens is 188 g/mol. The van der Waals surface area contributed by atoms with Crippen LogP contribution in [-0.2, 0) is 19.1 Å². The van der Waals surface area contributed by atoms with Crippen LogP contribution in [0.2, 0.25) is 0 Å². The Morgan fingerprint density at radius 2 is 1.36 bits per heavy atom. The first-order valence-corrected chi connectivity index (χ1v) is 4.24. The van der Waals surface area contributed by atoms with E-state index in [2.05, 4.69) is 9.98 Å². The average molecular weight is 196 g/mol. The lowest BCUT2D eigenvalue weighted by Crippen LogP contribution is -2.29. The van der Waals surface area contributed by atoms with E-state index in [4.69, 9.17) is 9.47 Å². The second kappa shape index (κ2) is 3.82. The van der Waals surface area contributed by atoms with Crippen molar-refractivity contribution in [2.75, 3.05) is 13.2 Å². The Labute approximate surface area is 79.6 Å². The third kappa shape index (κ3) is 1.41. The second-order valence-electron chi connectivity index (χ2n) is 3.17. The number of ether oxygens (including phenoxy) is 2. The molecule has 2 aliphatic rings. The summed E-state index contributed by atoms with van der Waals surface area (Å²) in [5.74, 6) is 0. The van der Waals surface area contributed by atoms with Crippen molar-refractivity contribution in [1.82, 2.24) is 0 Å². The molecular formula is C8H8N2O4. The van der Waals surface area contributed by atoms with E-state index >= 15 is 0 Å². The third-order valence-electron chi connectivity index (χ3n) is 2.44. The summed E-state index contributed by atoms with van der Waals surface area (Å²) in [6.07, 6.45) is 2.39. The van der Waals surface area contributed by atoms with Gasteiger partial charge in [-0.1, -0.05) is 0 Å². The molecule has 2 rings (SSSR count). The Kier molecular flexibility index (Phi) is 2.52. The predicted molar refractivity (Wildman–Crippen MR) is 43.3 cm³/mol. The van der Waals surface area contributed by atoms with Crippen molar-refractivity contribution in [2.45, 2.75) is 24.3 Å². The van der Waals surface area contributed by atoms with Gasteiger partial charge >= 0.3 is 0 Å². The number of hydrogen-bond acceptors (Lipinski definition) is 6. The summed E-state index contributed by atoms with van der Waals surface area (Å²) >= 11 is 0. The number of nitrogens with zero attached hydrogens (tertiary/aromatic N) is 2. The molecule has 74 valence electrons. The van der Waals surface area contributed by atoms with Gasteiger partial charge in [-0.3, -0.25) is 0 Å². The number of isocyanates is 2. The van der Waals surface area contributed by atoms with Crippen molar-refractivity contribution in [3.63, 3.8) is 0 Å². The van der Waals surface area contributed by atoms with Gasteiger partial charge in [0.25, 0.3) is 0 Å². The van der Waals surface area contributed by atoms with Gasteiger partial charge in [-0.15, -0.1) is 0 Å². The van der Waals surface area contributed by atoms with Crippen molar-refractivity contribution < 1.29 is 19.1 Å². The Balaban J connectivity index is 2.11. The average Bonchev–Trinajstić information content (AvgIpc) is 2.72. The summed E-state index contributed by atoms with van der Waals surface area (Å²) in [4.78, 5) is 27.3. The van der Waals surface area contributed by atoms with E-state index in [9.17, 15) is 9.59 Å². The van der Waals surface area contributed by atoms with Crippen molar-refractivity contribution in [1.29, 1.82) is 0 Å². The summed E-state index contributed by atoms with van der Waals surface area (Å²) in [7, 11) is 0. The van der Waals surface area contributed by atoms with Crippen LogP contribution >= 0.6 is 0 Å². The molecule has 2 saturated heterocycles.